The fourth-order valence-electron chi connectivity index (χ4n) is 5.34. The van der Waals surface area contributed by atoms with Crippen molar-refractivity contribution in [3.63, 3.8) is 0 Å². The minimum Gasteiger partial charge on any atom is -0.383 e. The summed E-state index contributed by atoms with van der Waals surface area (Å²) in [4.78, 5) is 43.8. The smallest absolute Gasteiger partial charge is 0.235 e. The van der Waals surface area contributed by atoms with E-state index in [2.05, 4.69) is 0 Å². The molecule has 0 saturated carbocycles. The molecule has 3 heterocycles. The number of hydrogen-bond acceptors (Lipinski definition) is 5. The second-order valence-electron chi connectivity index (χ2n) is 8.31. The Hall–Kier alpha value is -3.25. The third-order valence-electron chi connectivity index (χ3n) is 6.69. The lowest BCUT2D eigenvalue weighted by Gasteiger charge is -2.38. The van der Waals surface area contributed by atoms with Gasteiger partial charge < -0.3 is 9.64 Å². The molecule has 158 valence electrons. The third-order valence-corrected chi connectivity index (χ3v) is 6.69. The topological polar surface area (TPSA) is 66.9 Å². The molecule has 2 amide bonds. The van der Waals surface area contributed by atoms with Crippen LogP contribution in [0.5, 0.6) is 0 Å². The van der Waals surface area contributed by atoms with Crippen molar-refractivity contribution in [2.75, 3.05) is 25.2 Å². The zero-order valence-electron chi connectivity index (χ0n) is 17.5. The lowest BCUT2D eigenvalue weighted by atomic mass is 9.85. The molecule has 3 aliphatic heterocycles. The minimum absolute atomic E-state index is 0.129. The Labute approximate surface area is 181 Å². The Morgan fingerprint density at radius 3 is 2.39 bits per heavy atom. The molecule has 2 saturated heterocycles. The van der Waals surface area contributed by atoms with Crippen LogP contribution in [0.25, 0.3) is 5.57 Å². The third kappa shape index (κ3) is 2.86. The summed E-state index contributed by atoms with van der Waals surface area (Å²) >= 11 is 0. The van der Waals surface area contributed by atoms with Gasteiger partial charge in [0.25, 0.3) is 0 Å². The number of anilines is 1. The molecule has 6 nitrogen and oxygen atoms in total. The fraction of sp³-hybridized carbons (Fsp3) is 0.320. The highest BCUT2D eigenvalue weighted by Gasteiger charge is 2.64. The van der Waals surface area contributed by atoms with E-state index in [1.54, 1.807) is 19.2 Å². The average molecular weight is 416 g/mol. The average Bonchev–Trinajstić information content (AvgIpc) is 3.25. The molecule has 6 heteroatoms. The molecule has 0 aliphatic carbocycles. The number of carbonyl (C=O) groups excluding carboxylic acids is 3. The number of carbonyl (C=O) groups is 3. The summed E-state index contributed by atoms with van der Waals surface area (Å²) < 4.78 is 5.10. The van der Waals surface area contributed by atoms with Crippen LogP contribution in [-0.2, 0) is 14.3 Å². The highest BCUT2D eigenvalue weighted by molar-refractivity contribution is 6.14. The Kier molecular flexibility index (Phi) is 4.74. The Morgan fingerprint density at radius 1 is 0.968 bits per heavy atom. The van der Waals surface area contributed by atoms with Crippen LogP contribution in [0.1, 0.15) is 22.8 Å². The lowest BCUT2D eigenvalue weighted by molar-refractivity contribution is -0.141. The van der Waals surface area contributed by atoms with Crippen molar-refractivity contribution in [2.24, 2.45) is 11.8 Å². The summed E-state index contributed by atoms with van der Waals surface area (Å²) in [5.74, 6) is -1.91. The van der Waals surface area contributed by atoms with E-state index in [9.17, 15) is 14.4 Å². The zero-order chi connectivity index (χ0) is 21.7. The Bertz CT molecular complexity index is 1090. The fourth-order valence-corrected chi connectivity index (χ4v) is 5.34. The quantitative estimate of drug-likeness (QED) is 0.554. The highest BCUT2D eigenvalue weighted by atomic mass is 16.5. The van der Waals surface area contributed by atoms with Crippen LogP contribution in [0.4, 0.5) is 5.69 Å². The SMILES string of the molecule is COCCN1C(=O)[C@H]2[C@H](C1=O)[C@H](C(=O)c1ccccc1)N1c3ccccc3C(C)=C[C@H]21. The van der Waals surface area contributed by atoms with E-state index in [1.165, 1.54) is 4.90 Å². The van der Waals surface area contributed by atoms with Crippen LogP contribution in [0, 0.1) is 11.8 Å². The number of hydrogen-bond donors (Lipinski definition) is 0. The number of allylic oxidation sites excluding steroid dienone is 1. The van der Waals surface area contributed by atoms with Crippen molar-refractivity contribution >= 4 is 28.9 Å². The number of amides is 2. The summed E-state index contributed by atoms with van der Waals surface area (Å²) in [5, 5.41) is 0. The second kappa shape index (κ2) is 7.46. The van der Waals surface area contributed by atoms with Gasteiger partial charge in [-0.1, -0.05) is 54.6 Å². The highest BCUT2D eigenvalue weighted by Crippen LogP contribution is 2.50. The molecule has 4 atom stereocenters. The zero-order valence-corrected chi connectivity index (χ0v) is 17.5. The molecule has 3 aliphatic rings. The van der Waals surface area contributed by atoms with Crippen LogP contribution in [0.15, 0.2) is 60.7 Å². The number of imide groups is 1. The minimum atomic E-state index is -0.730. The summed E-state index contributed by atoms with van der Waals surface area (Å²) in [7, 11) is 1.54. The van der Waals surface area contributed by atoms with Gasteiger partial charge in [0.2, 0.25) is 11.8 Å². The van der Waals surface area contributed by atoms with E-state index < -0.39 is 17.9 Å². The van der Waals surface area contributed by atoms with E-state index in [1.807, 2.05) is 60.4 Å². The van der Waals surface area contributed by atoms with Gasteiger partial charge in [0, 0.05) is 23.9 Å². The number of methoxy groups -OCH3 is 1. The van der Waals surface area contributed by atoms with Crippen LogP contribution < -0.4 is 4.90 Å². The molecule has 0 aromatic heterocycles. The Balaban J connectivity index is 1.65. The maximum Gasteiger partial charge on any atom is 0.235 e. The number of ketones is 1. The lowest BCUT2D eigenvalue weighted by Crippen LogP contribution is -2.49. The van der Waals surface area contributed by atoms with E-state index in [0.29, 0.717) is 5.56 Å². The molecule has 0 bridgehead atoms. The molecule has 31 heavy (non-hydrogen) atoms. The first-order valence-corrected chi connectivity index (χ1v) is 10.5. The number of rotatable bonds is 5. The maximum atomic E-state index is 13.7. The van der Waals surface area contributed by atoms with Crippen molar-refractivity contribution < 1.29 is 19.1 Å². The van der Waals surface area contributed by atoms with Gasteiger partial charge in [0.15, 0.2) is 5.78 Å². The van der Waals surface area contributed by atoms with Crippen molar-refractivity contribution in [3.8, 4) is 0 Å². The summed E-state index contributed by atoms with van der Waals surface area (Å²) in [6.07, 6.45) is 2.04. The first kappa shape index (κ1) is 19.7. The van der Waals surface area contributed by atoms with Crippen molar-refractivity contribution in [1.82, 2.24) is 4.90 Å². The van der Waals surface area contributed by atoms with Crippen molar-refractivity contribution in [1.29, 1.82) is 0 Å². The second-order valence-corrected chi connectivity index (χ2v) is 8.31. The summed E-state index contributed by atoms with van der Waals surface area (Å²) in [6.45, 7) is 2.50. The number of para-hydroxylation sites is 1. The van der Waals surface area contributed by atoms with Gasteiger partial charge in [-0.25, -0.2) is 0 Å². The van der Waals surface area contributed by atoms with E-state index >= 15 is 0 Å². The van der Waals surface area contributed by atoms with E-state index in [4.69, 9.17) is 4.74 Å². The van der Waals surface area contributed by atoms with Crippen LogP contribution >= 0.6 is 0 Å². The van der Waals surface area contributed by atoms with Gasteiger partial charge in [0.05, 0.1) is 31.0 Å². The first-order valence-electron chi connectivity index (χ1n) is 10.5. The normalized spacial score (nSPS) is 26.5. The number of likely N-dealkylation sites (tertiary alicyclic amines) is 1. The van der Waals surface area contributed by atoms with Gasteiger partial charge in [-0.15, -0.1) is 0 Å². The molecular formula is C25H24N2O4. The number of fused-ring (bicyclic) bond motifs is 5. The van der Waals surface area contributed by atoms with E-state index in [0.717, 1.165) is 16.8 Å². The molecule has 2 aromatic carbocycles. The van der Waals surface area contributed by atoms with Crippen molar-refractivity contribution in [3.05, 3.63) is 71.8 Å². The van der Waals surface area contributed by atoms with Crippen LogP contribution in [0.2, 0.25) is 0 Å². The largest absolute Gasteiger partial charge is 0.383 e. The van der Waals surface area contributed by atoms with Crippen molar-refractivity contribution in [2.45, 2.75) is 19.0 Å². The first-order chi connectivity index (χ1) is 15.0. The molecule has 0 spiro atoms. The number of benzene rings is 2. The molecule has 0 radical (unpaired) electrons. The standard InChI is InChI=1S/C25H24N2O4/c1-15-14-19-20-21(25(30)26(24(20)29)12-13-31-2)22(23(28)16-8-4-3-5-9-16)27(19)18-11-7-6-10-17(15)18/h3-11,14,19-22H,12-13H2,1-2H3/t19-,20-,21+,22-/m1/s1. The van der Waals surface area contributed by atoms with Gasteiger partial charge in [-0.2, -0.15) is 0 Å². The Morgan fingerprint density at radius 2 is 1.65 bits per heavy atom. The monoisotopic (exact) mass is 416 g/mol. The molecule has 0 unspecified atom stereocenters. The van der Waals surface area contributed by atoms with Crippen LogP contribution in [0.3, 0.4) is 0 Å². The van der Waals surface area contributed by atoms with Gasteiger partial charge in [-0.3, -0.25) is 19.3 Å². The predicted molar refractivity (Wildman–Crippen MR) is 116 cm³/mol. The molecular weight excluding hydrogens is 392 g/mol. The van der Waals surface area contributed by atoms with Gasteiger partial charge in [0.1, 0.15) is 6.04 Å². The molecule has 2 aromatic rings. The van der Waals surface area contributed by atoms with Gasteiger partial charge in [-0.05, 0) is 18.6 Å². The number of Topliss-reactive ketones (excluding diaryl/α,β-unsaturated/α-hetero) is 1. The van der Waals surface area contributed by atoms with E-state index in [-0.39, 0.29) is 36.8 Å². The summed E-state index contributed by atoms with van der Waals surface area (Å²) in [5.41, 5.74) is 3.53. The maximum absolute atomic E-state index is 13.7. The van der Waals surface area contributed by atoms with Crippen LogP contribution in [-0.4, -0.2) is 54.8 Å². The summed E-state index contributed by atoms with van der Waals surface area (Å²) in [6, 6.07) is 15.9. The number of ether oxygens (including phenoxy) is 1. The molecule has 0 N–H and O–H groups in total. The predicted octanol–water partition coefficient (Wildman–Crippen LogP) is 2.79. The number of nitrogens with zero attached hydrogens (tertiary/aromatic N) is 2. The van der Waals surface area contributed by atoms with Gasteiger partial charge >= 0.3 is 0 Å². The molecule has 5 rings (SSSR count). The molecule has 2 fully saturated rings.